The number of hydrogen-bond acceptors (Lipinski definition) is 8. The highest BCUT2D eigenvalue weighted by atomic mass is 32.2. The predicted molar refractivity (Wildman–Crippen MR) is 144 cm³/mol. The summed E-state index contributed by atoms with van der Waals surface area (Å²) in [7, 11) is -4.65. The Labute approximate surface area is 241 Å². The third kappa shape index (κ3) is 8.39. The number of rotatable bonds is 12. The molecule has 0 heterocycles. The quantitative estimate of drug-likeness (QED) is 0.0924. The highest BCUT2D eigenvalue weighted by Gasteiger charge is 2.36. The fourth-order valence-corrected chi connectivity index (χ4v) is 5.76. The first-order valence-corrected chi connectivity index (χ1v) is 14.5. The summed E-state index contributed by atoms with van der Waals surface area (Å²) in [4.78, 5) is 36.2. The number of hydroxylamine groups is 1. The molecule has 0 aliphatic heterocycles. The maximum atomic E-state index is 14.6. The van der Waals surface area contributed by atoms with Crippen molar-refractivity contribution in [2.75, 3.05) is 6.54 Å². The number of amides is 1. The van der Waals surface area contributed by atoms with Crippen molar-refractivity contribution in [1.29, 1.82) is 0 Å². The molecular weight excluding hydrogens is 579 g/mol. The van der Waals surface area contributed by atoms with Gasteiger partial charge in [-0.3, -0.25) is 19.6 Å². The van der Waals surface area contributed by atoms with Crippen LogP contribution in [0.5, 0.6) is 11.5 Å². The Morgan fingerprint density at radius 2 is 1.60 bits per heavy atom. The fourth-order valence-electron chi connectivity index (χ4n) is 4.51. The van der Waals surface area contributed by atoms with Gasteiger partial charge in [-0.1, -0.05) is 13.8 Å². The first-order valence-electron chi connectivity index (χ1n) is 13.0. The van der Waals surface area contributed by atoms with Crippen LogP contribution in [0.2, 0.25) is 0 Å². The third-order valence-corrected chi connectivity index (χ3v) is 8.01. The zero-order valence-electron chi connectivity index (χ0n) is 23.2. The van der Waals surface area contributed by atoms with E-state index in [1.165, 1.54) is 5.48 Å². The van der Waals surface area contributed by atoms with E-state index >= 15 is 0 Å². The van der Waals surface area contributed by atoms with E-state index in [0.29, 0.717) is 30.8 Å². The number of allylic oxidation sites excluding steroid dienone is 2. The molecule has 42 heavy (non-hydrogen) atoms. The van der Waals surface area contributed by atoms with E-state index in [4.69, 9.17) is 9.94 Å². The zero-order valence-corrected chi connectivity index (χ0v) is 24.0. The van der Waals surface area contributed by atoms with E-state index < -0.39 is 55.5 Å². The van der Waals surface area contributed by atoms with Crippen molar-refractivity contribution < 1.29 is 45.9 Å². The maximum absolute atomic E-state index is 14.6. The number of sulfonamides is 1. The van der Waals surface area contributed by atoms with E-state index in [-0.39, 0.29) is 48.6 Å². The van der Waals surface area contributed by atoms with Crippen molar-refractivity contribution in [3.8, 4) is 11.5 Å². The summed E-state index contributed by atoms with van der Waals surface area (Å²) >= 11 is 0. The Kier molecular flexibility index (Phi) is 10.5. The summed E-state index contributed by atoms with van der Waals surface area (Å²) in [5, 5.41) is 12.1. The van der Waals surface area contributed by atoms with E-state index in [2.05, 4.69) is 5.32 Å². The Morgan fingerprint density at radius 3 is 2.14 bits per heavy atom. The molecule has 0 saturated heterocycles. The number of hydrogen-bond donors (Lipinski definition) is 4. The fraction of sp³-hybridized carbons (Fsp3) is 0.393. The highest BCUT2D eigenvalue weighted by molar-refractivity contribution is 7.89. The van der Waals surface area contributed by atoms with Gasteiger partial charge in [-0.05, 0) is 68.0 Å². The molecule has 1 fully saturated rings. The molecule has 1 aliphatic rings. The van der Waals surface area contributed by atoms with Crippen LogP contribution in [0.25, 0.3) is 0 Å². The van der Waals surface area contributed by atoms with Gasteiger partial charge < -0.3 is 10.1 Å². The minimum atomic E-state index is -4.65. The molecule has 14 heteroatoms. The summed E-state index contributed by atoms with van der Waals surface area (Å²) in [5.41, 5.74) is 1.53. The first-order chi connectivity index (χ1) is 19.6. The number of ether oxygens (including phenoxy) is 1. The number of Topliss-reactive ketones (excluding diaryl/α,β-unsaturated/α-hetero) is 2. The molecule has 10 nitrogen and oxygen atoms in total. The van der Waals surface area contributed by atoms with E-state index in [0.717, 1.165) is 24.3 Å². The lowest BCUT2D eigenvalue weighted by Crippen LogP contribution is -2.45. The lowest BCUT2D eigenvalue weighted by molar-refractivity contribution is -0.131. The van der Waals surface area contributed by atoms with Crippen LogP contribution in [-0.4, -0.2) is 43.7 Å². The molecular formula is C28H32F3N3O7S. The largest absolute Gasteiger partial charge is 0.451 e. The van der Waals surface area contributed by atoms with Crippen LogP contribution in [0.1, 0.15) is 52.9 Å². The first kappa shape index (κ1) is 32.8. The van der Waals surface area contributed by atoms with Crippen LogP contribution in [-0.2, 0) is 24.4 Å². The molecule has 4 N–H and O–H groups in total. The molecule has 1 atom stereocenters. The zero-order chi connectivity index (χ0) is 31.2. The smallest absolute Gasteiger partial charge is 0.261 e. The topological polar surface area (TPSA) is 151 Å². The molecule has 3 rings (SSSR count). The second kappa shape index (κ2) is 13.5. The Morgan fingerprint density at radius 1 is 1.02 bits per heavy atom. The molecule has 2 aromatic rings. The summed E-state index contributed by atoms with van der Waals surface area (Å²) < 4.78 is 75.2. The number of unbranched alkanes of at least 4 members (excludes halogenated alkanes) is 1. The Bertz CT molecular complexity index is 1450. The van der Waals surface area contributed by atoms with Crippen molar-refractivity contribution in [1.82, 2.24) is 15.5 Å². The summed E-state index contributed by atoms with van der Waals surface area (Å²) in [6.45, 7) is 5.61. The average molecular weight is 612 g/mol. The standard InChI is InChI=1S/C28H32F3N3O7S/c1-16(25-23(35)14-28(2,3)15-24(25)36)32-11-5-4-6-22(27(37)33-38)34-42(39,40)19-12-20(30)26(21(31)13-19)41-18-9-7-17(29)8-10-18/h7-10,12-13,22,32,34,38H,4-6,11,14-15H2,1-3H3,(H,33,37)/t22-/m1/s1. The van der Waals surface area contributed by atoms with Gasteiger partial charge in [0, 0.05) is 25.1 Å². The van der Waals surface area contributed by atoms with Gasteiger partial charge >= 0.3 is 0 Å². The van der Waals surface area contributed by atoms with Crippen molar-refractivity contribution in [2.24, 2.45) is 5.41 Å². The van der Waals surface area contributed by atoms with E-state index in [1.54, 1.807) is 6.92 Å². The van der Waals surface area contributed by atoms with Crippen molar-refractivity contribution >= 4 is 27.5 Å². The molecule has 0 unspecified atom stereocenters. The van der Waals surface area contributed by atoms with Crippen molar-refractivity contribution in [2.45, 2.75) is 63.8 Å². The Balaban J connectivity index is 1.62. The molecule has 1 saturated carbocycles. The van der Waals surface area contributed by atoms with Crippen LogP contribution in [0, 0.1) is 22.9 Å². The molecule has 0 aromatic heterocycles. The van der Waals surface area contributed by atoms with Gasteiger partial charge in [0.25, 0.3) is 5.91 Å². The van der Waals surface area contributed by atoms with Gasteiger partial charge in [0.15, 0.2) is 29.0 Å². The van der Waals surface area contributed by atoms with Crippen LogP contribution in [0.4, 0.5) is 13.2 Å². The number of benzene rings is 2. The lowest BCUT2D eigenvalue weighted by Gasteiger charge is -2.29. The monoisotopic (exact) mass is 611 g/mol. The van der Waals surface area contributed by atoms with Crippen LogP contribution in [0.3, 0.4) is 0 Å². The van der Waals surface area contributed by atoms with Gasteiger partial charge in [0.1, 0.15) is 17.6 Å². The average Bonchev–Trinajstić information content (AvgIpc) is 2.89. The van der Waals surface area contributed by atoms with E-state index in [9.17, 15) is 36.0 Å². The van der Waals surface area contributed by atoms with Gasteiger partial charge in [-0.25, -0.2) is 27.1 Å². The van der Waals surface area contributed by atoms with Gasteiger partial charge in [0.2, 0.25) is 10.0 Å². The van der Waals surface area contributed by atoms with Gasteiger partial charge in [-0.15, -0.1) is 0 Å². The molecule has 228 valence electrons. The van der Waals surface area contributed by atoms with E-state index in [1.807, 2.05) is 18.6 Å². The normalized spacial score (nSPS) is 15.7. The second-order valence-electron chi connectivity index (χ2n) is 10.7. The van der Waals surface area contributed by atoms with Crippen LogP contribution >= 0.6 is 0 Å². The predicted octanol–water partition coefficient (Wildman–Crippen LogP) is 4.04. The van der Waals surface area contributed by atoms with Crippen LogP contribution < -0.4 is 20.3 Å². The minimum absolute atomic E-state index is 0.0932. The molecule has 0 spiro atoms. The number of nitrogens with one attached hydrogen (secondary N) is 3. The molecule has 1 amide bonds. The minimum Gasteiger partial charge on any atom is -0.451 e. The number of ketones is 2. The lowest BCUT2D eigenvalue weighted by atomic mass is 9.73. The maximum Gasteiger partial charge on any atom is 0.261 e. The number of carbonyl (C=O) groups excluding carboxylic acids is 3. The number of halogens is 3. The van der Waals surface area contributed by atoms with Crippen molar-refractivity contribution in [3.63, 3.8) is 0 Å². The summed E-state index contributed by atoms with van der Waals surface area (Å²) in [6.07, 6.45) is 1.03. The van der Waals surface area contributed by atoms with Crippen molar-refractivity contribution in [3.05, 3.63) is 65.1 Å². The van der Waals surface area contributed by atoms with Gasteiger partial charge in [0.05, 0.1) is 10.5 Å². The highest BCUT2D eigenvalue weighted by Crippen LogP contribution is 2.34. The summed E-state index contributed by atoms with van der Waals surface area (Å²) in [5.74, 6) is -5.90. The van der Waals surface area contributed by atoms with Gasteiger partial charge in [-0.2, -0.15) is 4.72 Å². The third-order valence-electron chi connectivity index (χ3n) is 6.56. The molecule has 2 aromatic carbocycles. The SMILES string of the molecule is CC(NCCCC[C@@H](NS(=O)(=O)c1cc(F)c(Oc2ccc(F)cc2)c(F)c1)C(=O)NO)=C1C(=O)CC(C)(C)CC1=O. The molecule has 1 aliphatic carbocycles. The second-order valence-corrected chi connectivity index (χ2v) is 12.4. The number of carbonyl (C=O) groups is 3. The summed E-state index contributed by atoms with van der Waals surface area (Å²) in [6, 6.07) is 3.76. The van der Waals surface area contributed by atoms with Crippen LogP contribution in [0.15, 0.2) is 52.6 Å². The Hall–Kier alpha value is -3.75. The molecule has 0 radical (unpaired) electrons. The molecule has 0 bridgehead atoms.